The molecule has 1 amide bonds. The number of benzene rings is 1. The Bertz CT molecular complexity index is 1100. The minimum Gasteiger partial charge on any atom is -0.379 e. The molecule has 37 heavy (non-hydrogen) atoms. The Morgan fingerprint density at radius 2 is 1.92 bits per heavy atom. The Kier molecular flexibility index (Phi) is 9.01. The second kappa shape index (κ2) is 12.4. The van der Waals surface area contributed by atoms with E-state index in [-0.39, 0.29) is 23.8 Å². The Morgan fingerprint density at radius 1 is 1.14 bits per heavy atom. The molecule has 3 aliphatic rings. The summed E-state index contributed by atoms with van der Waals surface area (Å²) in [7, 11) is 0. The molecule has 2 aromatic rings. The van der Waals surface area contributed by atoms with Crippen LogP contribution >= 0.6 is 27.5 Å². The normalized spacial score (nSPS) is 27.8. The van der Waals surface area contributed by atoms with E-state index in [4.69, 9.17) is 16.3 Å². The molecule has 2 heterocycles. The maximum atomic E-state index is 14.1. The first kappa shape index (κ1) is 26.9. The van der Waals surface area contributed by atoms with Crippen LogP contribution in [0.1, 0.15) is 61.4 Å². The van der Waals surface area contributed by atoms with Crippen molar-refractivity contribution in [1.82, 2.24) is 15.2 Å². The number of hydrogen-bond acceptors (Lipinski definition) is 4. The average molecular weight is 587 g/mol. The van der Waals surface area contributed by atoms with Crippen LogP contribution in [0.15, 0.2) is 54.2 Å². The quantitative estimate of drug-likeness (QED) is 0.322. The van der Waals surface area contributed by atoms with Crippen molar-refractivity contribution in [1.29, 1.82) is 0 Å². The van der Waals surface area contributed by atoms with Crippen LogP contribution in [0.3, 0.4) is 0 Å². The van der Waals surface area contributed by atoms with Gasteiger partial charge in [0.2, 0.25) is 5.91 Å². The van der Waals surface area contributed by atoms with Gasteiger partial charge in [0, 0.05) is 46.8 Å². The Labute approximate surface area is 234 Å². The number of pyridine rings is 1. The summed E-state index contributed by atoms with van der Waals surface area (Å²) in [6.45, 7) is 5.60. The molecule has 1 aliphatic heterocycles. The summed E-state index contributed by atoms with van der Waals surface area (Å²) < 4.78 is 5.61. The van der Waals surface area contributed by atoms with Gasteiger partial charge in [0.15, 0.2) is 0 Å². The lowest BCUT2D eigenvalue weighted by molar-refractivity contribution is -0.128. The highest BCUT2D eigenvalue weighted by molar-refractivity contribution is 9.09. The van der Waals surface area contributed by atoms with E-state index in [0.29, 0.717) is 15.9 Å². The summed E-state index contributed by atoms with van der Waals surface area (Å²) >= 11 is 9.98. The summed E-state index contributed by atoms with van der Waals surface area (Å²) in [5, 5.41) is 4.15. The number of halogens is 2. The number of alkyl halides is 1. The molecule has 5 atom stereocenters. The van der Waals surface area contributed by atoms with Crippen LogP contribution in [0.4, 0.5) is 0 Å². The van der Waals surface area contributed by atoms with Gasteiger partial charge >= 0.3 is 0 Å². The molecular weight excluding hydrogens is 550 g/mol. The number of nitrogens with one attached hydrogen (secondary N) is 1. The van der Waals surface area contributed by atoms with Crippen molar-refractivity contribution < 1.29 is 9.53 Å². The van der Waals surface area contributed by atoms with Gasteiger partial charge in [0.1, 0.15) is 0 Å². The molecule has 0 radical (unpaired) electrons. The Hall–Kier alpha value is -1.73. The fourth-order valence-electron chi connectivity index (χ4n) is 6.32. The fraction of sp³-hybridized carbons (Fsp3) is 0.533. The molecule has 198 valence electrons. The summed E-state index contributed by atoms with van der Waals surface area (Å²) in [4.78, 5) is 21.6. The molecule has 7 heteroatoms. The highest BCUT2D eigenvalue weighted by atomic mass is 79.9. The zero-order chi connectivity index (χ0) is 25.8. The van der Waals surface area contributed by atoms with Crippen LogP contribution in [-0.4, -0.2) is 53.0 Å². The first-order valence-corrected chi connectivity index (χ1v) is 14.9. The number of aromatic nitrogens is 1. The molecule has 5 nitrogen and oxygen atoms in total. The van der Waals surface area contributed by atoms with Crippen molar-refractivity contribution >= 4 is 33.4 Å². The van der Waals surface area contributed by atoms with Gasteiger partial charge in [0.05, 0.1) is 19.3 Å². The number of nitrogens with zero attached hydrogens (tertiary/aromatic N) is 2. The topological polar surface area (TPSA) is 54.5 Å². The number of carbonyl (C=O) groups is 1. The molecule has 1 saturated carbocycles. The van der Waals surface area contributed by atoms with E-state index < -0.39 is 0 Å². The minimum atomic E-state index is -0.239. The van der Waals surface area contributed by atoms with Crippen molar-refractivity contribution in [3.8, 4) is 0 Å². The number of hydrogen-bond donors (Lipinski definition) is 1. The van der Waals surface area contributed by atoms with E-state index in [0.717, 1.165) is 81.6 Å². The number of carbonyl (C=O) groups excluding carboxylic acids is 1. The van der Waals surface area contributed by atoms with Crippen LogP contribution in [-0.2, 0) is 9.53 Å². The summed E-state index contributed by atoms with van der Waals surface area (Å²) in [6, 6.07) is 12.1. The zero-order valence-electron chi connectivity index (χ0n) is 21.5. The van der Waals surface area contributed by atoms with Gasteiger partial charge in [-0.25, -0.2) is 0 Å². The van der Waals surface area contributed by atoms with Crippen molar-refractivity contribution in [3.63, 3.8) is 0 Å². The third-order valence-electron chi connectivity index (χ3n) is 8.32. The first-order chi connectivity index (χ1) is 18.0. The van der Waals surface area contributed by atoms with Crippen molar-refractivity contribution in [2.24, 2.45) is 11.8 Å². The maximum Gasteiger partial charge on any atom is 0.224 e. The van der Waals surface area contributed by atoms with Crippen molar-refractivity contribution in [2.45, 2.75) is 62.4 Å². The third-order valence-corrected chi connectivity index (χ3v) is 9.41. The second-order valence-electron chi connectivity index (χ2n) is 10.7. The van der Waals surface area contributed by atoms with Crippen molar-refractivity contribution in [3.05, 3.63) is 76.1 Å². The monoisotopic (exact) mass is 585 g/mol. The summed E-state index contributed by atoms with van der Waals surface area (Å²) in [5.41, 5.74) is 4.49. The molecule has 1 saturated heterocycles. The van der Waals surface area contributed by atoms with Gasteiger partial charge in [-0.15, -0.1) is 0 Å². The number of morpholine rings is 1. The molecule has 2 fully saturated rings. The maximum absolute atomic E-state index is 14.1. The number of aryl methyl sites for hydroxylation is 1. The molecular formula is C30H37BrClN3O2. The van der Waals surface area contributed by atoms with Crippen LogP contribution in [0.2, 0.25) is 5.02 Å². The lowest BCUT2D eigenvalue weighted by Gasteiger charge is -2.43. The predicted octanol–water partition coefficient (Wildman–Crippen LogP) is 6.24. The van der Waals surface area contributed by atoms with Gasteiger partial charge in [-0.05, 0) is 86.8 Å². The zero-order valence-corrected chi connectivity index (χ0v) is 23.9. The van der Waals surface area contributed by atoms with Gasteiger partial charge in [0.25, 0.3) is 0 Å². The number of ether oxygens (including phenoxy) is 1. The van der Waals surface area contributed by atoms with Crippen LogP contribution in [0, 0.1) is 18.8 Å². The van der Waals surface area contributed by atoms with E-state index in [2.05, 4.69) is 43.3 Å². The van der Waals surface area contributed by atoms with E-state index in [1.54, 1.807) is 0 Å². The SMILES string of the molecule is Cc1cc(C(NC(=O)[C@@H]2CC[C@@H](N3CCOCC3)C[C@H]2C2=CCC(Br)CC2)c2ccc(Cl)cc2)ccn1. The number of rotatable bonds is 6. The molecule has 5 rings (SSSR count). The lowest BCUT2D eigenvalue weighted by Crippen LogP contribution is -2.49. The van der Waals surface area contributed by atoms with Crippen LogP contribution in [0.25, 0.3) is 0 Å². The Morgan fingerprint density at radius 3 is 2.62 bits per heavy atom. The molecule has 1 N–H and O–H groups in total. The predicted molar refractivity (Wildman–Crippen MR) is 152 cm³/mol. The highest BCUT2D eigenvalue weighted by Crippen LogP contribution is 2.42. The third kappa shape index (κ3) is 6.65. The van der Waals surface area contributed by atoms with E-state index in [1.807, 2.05) is 43.5 Å². The Balaban J connectivity index is 1.40. The van der Waals surface area contributed by atoms with Gasteiger partial charge in [-0.2, -0.15) is 0 Å². The molecule has 2 unspecified atom stereocenters. The average Bonchev–Trinajstić information content (AvgIpc) is 2.93. The van der Waals surface area contributed by atoms with Gasteiger partial charge in [-0.1, -0.05) is 51.3 Å². The number of allylic oxidation sites excluding steroid dienone is 2. The highest BCUT2D eigenvalue weighted by Gasteiger charge is 2.40. The summed E-state index contributed by atoms with van der Waals surface area (Å²) in [6.07, 6.45) is 10.5. The minimum absolute atomic E-state index is 0.0202. The van der Waals surface area contributed by atoms with Gasteiger partial charge < -0.3 is 10.1 Å². The van der Waals surface area contributed by atoms with Gasteiger partial charge in [-0.3, -0.25) is 14.7 Å². The molecule has 0 bridgehead atoms. The first-order valence-electron chi connectivity index (χ1n) is 13.6. The van der Waals surface area contributed by atoms with E-state index in [1.165, 1.54) is 5.57 Å². The van der Waals surface area contributed by atoms with Crippen LogP contribution < -0.4 is 5.32 Å². The second-order valence-corrected chi connectivity index (χ2v) is 12.4. The standard InChI is InChI=1S/C30H37BrClN3O2/c1-20-18-23(12-13-33-20)29(22-4-8-25(32)9-5-22)34-30(36)27-11-10-26(35-14-16-37-17-15-35)19-28(27)21-2-6-24(31)7-3-21/h2,4-5,8-9,12-13,18,24,26-29H,3,6-7,10-11,14-17,19H2,1H3,(H,34,36)/t24?,26-,27-,28+,29?/m1/s1. The van der Waals surface area contributed by atoms with Crippen molar-refractivity contribution in [2.75, 3.05) is 26.3 Å². The molecule has 1 aromatic carbocycles. The lowest BCUT2D eigenvalue weighted by atomic mass is 9.70. The smallest absolute Gasteiger partial charge is 0.224 e. The molecule has 0 spiro atoms. The van der Waals surface area contributed by atoms with E-state index >= 15 is 0 Å². The number of amides is 1. The fourth-order valence-corrected chi connectivity index (χ4v) is 6.86. The van der Waals surface area contributed by atoms with Crippen LogP contribution in [0.5, 0.6) is 0 Å². The summed E-state index contributed by atoms with van der Waals surface area (Å²) in [5.74, 6) is 0.418. The molecule has 2 aliphatic carbocycles. The largest absolute Gasteiger partial charge is 0.379 e. The molecule has 1 aromatic heterocycles. The van der Waals surface area contributed by atoms with E-state index in [9.17, 15) is 4.79 Å².